The highest BCUT2D eigenvalue weighted by Gasteiger charge is 2.14. The molecule has 0 aliphatic carbocycles. The molecule has 0 aliphatic rings. The van der Waals surface area contributed by atoms with E-state index in [4.69, 9.17) is 17.3 Å². The van der Waals surface area contributed by atoms with Gasteiger partial charge < -0.3 is 16.0 Å². The number of likely N-dealkylation sites (N-methyl/N-ethyl adjacent to an activating group) is 1. The summed E-state index contributed by atoms with van der Waals surface area (Å²) < 4.78 is 13.5. The molecule has 0 aromatic heterocycles. The number of nitrogens with two attached hydrogens (primary N) is 1. The van der Waals surface area contributed by atoms with E-state index in [1.165, 1.54) is 12.1 Å². The van der Waals surface area contributed by atoms with Gasteiger partial charge in [0.2, 0.25) is 0 Å². The molecule has 0 radical (unpaired) electrons. The predicted octanol–water partition coefficient (Wildman–Crippen LogP) is 3.45. The van der Waals surface area contributed by atoms with Gasteiger partial charge in [-0.2, -0.15) is 0 Å². The normalized spacial score (nSPS) is 13.1. The van der Waals surface area contributed by atoms with E-state index in [1.54, 1.807) is 0 Å². The van der Waals surface area contributed by atoms with Crippen LogP contribution in [-0.2, 0) is 0 Å². The molecule has 1 unspecified atom stereocenters. The summed E-state index contributed by atoms with van der Waals surface area (Å²) in [5.74, 6) is 0.0994. The molecule has 0 amide bonds. The van der Waals surface area contributed by atoms with E-state index >= 15 is 0 Å². The molecule has 0 heterocycles. The number of nitrogen functional groups attached to an aromatic ring is 1. The van der Waals surface area contributed by atoms with E-state index in [0.29, 0.717) is 17.3 Å². The van der Waals surface area contributed by atoms with Crippen molar-refractivity contribution in [2.45, 2.75) is 26.3 Å². The van der Waals surface area contributed by atoms with E-state index in [9.17, 15) is 4.39 Å². The largest absolute Gasteiger partial charge is 0.397 e. The summed E-state index contributed by atoms with van der Waals surface area (Å²) in [4.78, 5) is 2.10. The standard InChI is InChI=1S/C14H23ClFN3/c1-9(2)5-10(8-19(3)4)18-14-7-12(16)11(15)6-13(14)17/h6-7,9-10,18H,5,8,17H2,1-4H3. The summed E-state index contributed by atoms with van der Waals surface area (Å²) in [7, 11) is 4.03. The Morgan fingerprint density at radius 3 is 2.53 bits per heavy atom. The first-order chi connectivity index (χ1) is 8.79. The molecule has 3 nitrogen and oxygen atoms in total. The van der Waals surface area contributed by atoms with Gasteiger partial charge in [-0.05, 0) is 32.5 Å². The number of rotatable bonds is 6. The number of hydrogen-bond acceptors (Lipinski definition) is 3. The molecule has 1 aromatic carbocycles. The van der Waals surface area contributed by atoms with Crippen molar-refractivity contribution in [3.05, 3.63) is 23.0 Å². The average molecular weight is 288 g/mol. The van der Waals surface area contributed by atoms with Gasteiger partial charge in [-0.3, -0.25) is 0 Å². The van der Waals surface area contributed by atoms with Gasteiger partial charge in [0, 0.05) is 18.7 Å². The Kier molecular flexibility index (Phi) is 5.88. The molecule has 0 saturated carbocycles. The van der Waals surface area contributed by atoms with E-state index < -0.39 is 5.82 Å². The average Bonchev–Trinajstić information content (AvgIpc) is 2.23. The molecule has 1 atom stereocenters. The van der Waals surface area contributed by atoms with Crippen molar-refractivity contribution in [3.8, 4) is 0 Å². The fraction of sp³-hybridized carbons (Fsp3) is 0.571. The van der Waals surface area contributed by atoms with Crippen LogP contribution >= 0.6 is 11.6 Å². The summed E-state index contributed by atoms with van der Waals surface area (Å²) >= 11 is 5.70. The van der Waals surface area contributed by atoms with Gasteiger partial charge in [-0.1, -0.05) is 25.4 Å². The van der Waals surface area contributed by atoms with E-state index in [0.717, 1.165) is 13.0 Å². The van der Waals surface area contributed by atoms with Gasteiger partial charge in [-0.25, -0.2) is 4.39 Å². The van der Waals surface area contributed by atoms with Crippen molar-refractivity contribution in [3.63, 3.8) is 0 Å². The molecular formula is C14H23ClFN3. The van der Waals surface area contributed by atoms with Crippen molar-refractivity contribution >= 4 is 23.0 Å². The molecule has 0 bridgehead atoms. The van der Waals surface area contributed by atoms with Crippen LogP contribution < -0.4 is 11.1 Å². The quantitative estimate of drug-likeness (QED) is 0.788. The Labute approximate surface area is 119 Å². The number of nitrogens with zero attached hydrogens (tertiary/aromatic N) is 1. The van der Waals surface area contributed by atoms with E-state index in [-0.39, 0.29) is 11.1 Å². The van der Waals surface area contributed by atoms with Gasteiger partial charge in [0.25, 0.3) is 0 Å². The van der Waals surface area contributed by atoms with Crippen LogP contribution in [0.4, 0.5) is 15.8 Å². The summed E-state index contributed by atoms with van der Waals surface area (Å²) in [6.07, 6.45) is 0.988. The Hall–Kier alpha value is -1.00. The molecule has 0 saturated heterocycles. The van der Waals surface area contributed by atoms with Gasteiger partial charge in [0.15, 0.2) is 0 Å². The molecule has 3 N–H and O–H groups in total. The molecule has 0 aliphatic heterocycles. The van der Waals surface area contributed by atoms with Crippen LogP contribution in [0.1, 0.15) is 20.3 Å². The van der Waals surface area contributed by atoms with Crippen LogP contribution in [0, 0.1) is 11.7 Å². The Balaban J connectivity index is 2.86. The summed E-state index contributed by atoms with van der Waals surface area (Å²) in [5, 5.41) is 3.36. The Morgan fingerprint density at radius 1 is 1.37 bits per heavy atom. The number of halogens is 2. The third-order valence-corrected chi connectivity index (χ3v) is 3.08. The van der Waals surface area contributed by atoms with Crippen LogP contribution in [0.3, 0.4) is 0 Å². The summed E-state index contributed by atoms with van der Waals surface area (Å²) in [6, 6.07) is 3.03. The molecule has 1 aromatic rings. The third kappa shape index (κ3) is 5.25. The molecule has 108 valence electrons. The Morgan fingerprint density at radius 2 is 2.00 bits per heavy atom. The summed E-state index contributed by atoms with van der Waals surface area (Å²) in [6.45, 7) is 5.19. The van der Waals surface area contributed by atoms with Crippen LogP contribution in [-0.4, -0.2) is 31.6 Å². The zero-order valence-corrected chi connectivity index (χ0v) is 12.8. The minimum Gasteiger partial charge on any atom is -0.397 e. The minimum absolute atomic E-state index is 0.0519. The van der Waals surface area contributed by atoms with E-state index in [2.05, 4.69) is 24.1 Å². The first kappa shape index (κ1) is 16.1. The van der Waals surface area contributed by atoms with Crippen LogP contribution in [0.25, 0.3) is 0 Å². The van der Waals surface area contributed by atoms with Crippen LogP contribution in [0.2, 0.25) is 5.02 Å². The lowest BCUT2D eigenvalue weighted by atomic mass is 10.0. The molecule has 19 heavy (non-hydrogen) atoms. The van der Waals surface area contributed by atoms with Crippen molar-refractivity contribution in [1.82, 2.24) is 4.90 Å². The molecule has 1 rings (SSSR count). The topological polar surface area (TPSA) is 41.3 Å². The lowest BCUT2D eigenvalue weighted by Crippen LogP contribution is -2.33. The number of hydrogen-bond donors (Lipinski definition) is 2. The zero-order chi connectivity index (χ0) is 14.6. The first-order valence-corrected chi connectivity index (χ1v) is 6.83. The van der Waals surface area contributed by atoms with Gasteiger partial charge in [-0.15, -0.1) is 0 Å². The van der Waals surface area contributed by atoms with E-state index in [1.807, 2.05) is 14.1 Å². The second-order valence-electron chi connectivity index (χ2n) is 5.59. The molecule has 5 heteroatoms. The lowest BCUT2D eigenvalue weighted by molar-refractivity contribution is 0.356. The first-order valence-electron chi connectivity index (χ1n) is 6.45. The zero-order valence-electron chi connectivity index (χ0n) is 12.0. The smallest absolute Gasteiger partial charge is 0.143 e. The molecule has 0 fully saturated rings. The minimum atomic E-state index is -0.452. The van der Waals surface area contributed by atoms with Crippen LogP contribution in [0.15, 0.2) is 12.1 Å². The number of nitrogens with one attached hydrogen (secondary N) is 1. The van der Waals surface area contributed by atoms with Gasteiger partial charge >= 0.3 is 0 Å². The second-order valence-corrected chi connectivity index (χ2v) is 5.99. The maximum absolute atomic E-state index is 13.5. The fourth-order valence-electron chi connectivity index (χ4n) is 2.10. The Bertz CT molecular complexity index is 411. The second kappa shape index (κ2) is 6.96. The monoisotopic (exact) mass is 287 g/mol. The highest BCUT2D eigenvalue weighted by molar-refractivity contribution is 6.31. The lowest BCUT2D eigenvalue weighted by Gasteiger charge is -2.25. The van der Waals surface area contributed by atoms with Crippen molar-refractivity contribution in [2.24, 2.45) is 5.92 Å². The highest BCUT2D eigenvalue weighted by Crippen LogP contribution is 2.27. The number of anilines is 2. The highest BCUT2D eigenvalue weighted by atomic mass is 35.5. The third-order valence-electron chi connectivity index (χ3n) is 2.79. The summed E-state index contributed by atoms with van der Waals surface area (Å²) in [5.41, 5.74) is 6.95. The van der Waals surface area contributed by atoms with Crippen molar-refractivity contribution in [2.75, 3.05) is 31.7 Å². The maximum Gasteiger partial charge on any atom is 0.143 e. The van der Waals surface area contributed by atoms with Crippen molar-refractivity contribution in [1.29, 1.82) is 0 Å². The van der Waals surface area contributed by atoms with Crippen molar-refractivity contribution < 1.29 is 4.39 Å². The number of benzene rings is 1. The van der Waals surface area contributed by atoms with Crippen LogP contribution in [0.5, 0.6) is 0 Å². The SMILES string of the molecule is CC(C)CC(CN(C)C)Nc1cc(F)c(Cl)cc1N. The molecular weight excluding hydrogens is 265 g/mol. The van der Waals surface area contributed by atoms with Gasteiger partial charge in [0.1, 0.15) is 5.82 Å². The van der Waals surface area contributed by atoms with Gasteiger partial charge in [0.05, 0.1) is 16.4 Å². The molecule has 0 spiro atoms. The maximum atomic E-state index is 13.5. The predicted molar refractivity (Wildman–Crippen MR) is 81.2 cm³/mol. The fourth-order valence-corrected chi connectivity index (χ4v) is 2.27.